The highest BCUT2D eigenvalue weighted by atomic mass is 32.2. The fraction of sp³-hybridized carbons (Fsp3) is 0.947. The second-order valence-corrected chi connectivity index (χ2v) is 17.8. The van der Waals surface area contributed by atoms with Crippen molar-refractivity contribution in [3.63, 3.8) is 0 Å². The predicted molar refractivity (Wildman–Crippen MR) is 181 cm³/mol. The van der Waals surface area contributed by atoms with Crippen LogP contribution in [0.15, 0.2) is 11.6 Å². The van der Waals surface area contributed by atoms with Crippen molar-refractivity contribution in [1.29, 1.82) is 0 Å². The number of hydrogen-bond donors (Lipinski definition) is 3. The maximum atomic E-state index is 10.1. The van der Waals surface area contributed by atoms with E-state index in [-0.39, 0.29) is 6.61 Å². The molecule has 5 rings (SSSR count). The van der Waals surface area contributed by atoms with E-state index in [2.05, 4.69) is 40.7 Å². The molecule has 6 heteroatoms. The van der Waals surface area contributed by atoms with E-state index < -0.39 is 23.7 Å². The Kier molecular flexibility index (Phi) is 12.3. The molecular weight excluding hydrogens is 568 g/mol. The molecule has 0 amide bonds. The number of aliphatic hydroxyl groups is 3. The molecule has 4 fully saturated rings. The first-order valence-corrected chi connectivity index (χ1v) is 19.7. The standard InChI is InChI=1S/C38H66O5S/c1-25(2)11-10-12-26(3)30-15-16-31-29-14-13-27-23-28(17-19-37(27,4)32(29)18-20-38(30,31)5)42-21-8-6-7-9-22-44-36-35(41)34(40)33(39)24-43-36/h13,25-26,28-36,39-41H,6-12,14-24H2,1-5H3/t26-,28+,29+,30-,31+,32+,33+,34+,35-,36+,37+,38-/m1/s1. The van der Waals surface area contributed by atoms with E-state index in [0.29, 0.717) is 16.9 Å². The molecule has 3 N–H and O–H groups in total. The van der Waals surface area contributed by atoms with Crippen LogP contribution >= 0.6 is 11.8 Å². The van der Waals surface area contributed by atoms with Crippen LogP contribution in [0.2, 0.25) is 0 Å². The zero-order valence-electron chi connectivity index (χ0n) is 28.7. The van der Waals surface area contributed by atoms with Crippen molar-refractivity contribution in [2.45, 2.75) is 161 Å². The van der Waals surface area contributed by atoms with E-state index in [0.717, 1.165) is 80.0 Å². The zero-order valence-corrected chi connectivity index (χ0v) is 29.5. The molecule has 1 saturated heterocycles. The summed E-state index contributed by atoms with van der Waals surface area (Å²) < 4.78 is 12.0. The Morgan fingerprint density at radius 2 is 1.70 bits per heavy atom. The van der Waals surface area contributed by atoms with Gasteiger partial charge in [-0.2, -0.15) is 0 Å². The number of allylic oxidation sites excluding steroid dienone is 1. The third kappa shape index (κ3) is 7.62. The SMILES string of the molecule is CC(C)CCC[C@@H](C)[C@H]1CC[C@H]2[C@@H]3CC=C4C[C@@H](OCCCCCCS[C@@H]5OC[C@H](O)[C@H](O)[C@H]5O)CC[C@]4(C)[C@H]3CC[C@]12C. The number of aliphatic hydroxyl groups excluding tert-OH is 3. The molecule has 0 aromatic heterocycles. The first-order valence-electron chi connectivity index (χ1n) is 18.6. The normalized spacial score (nSPS) is 42.8. The molecule has 254 valence electrons. The summed E-state index contributed by atoms with van der Waals surface area (Å²) in [4.78, 5) is 0. The Bertz CT molecular complexity index is 940. The number of thioether (sulfide) groups is 1. The van der Waals surface area contributed by atoms with Gasteiger partial charge >= 0.3 is 0 Å². The number of rotatable bonds is 14. The van der Waals surface area contributed by atoms with Gasteiger partial charge in [0.25, 0.3) is 0 Å². The van der Waals surface area contributed by atoms with Gasteiger partial charge < -0.3 is 24.8 Å². The van der Waals surface area contributed by atoms with Crippen molar-refractivity contribution >= 4 is 11.8 Å². The average Bonchev–Trinajstić information content (AvgIpc) is 3.35. The molecule has 0 aromatic carbocycles. The van der Waals surface area contributed by atoms with Crippen LogP contribution in [-0.2, 0) is 9.47 Å². The predicted octanol–water partition coefficient (Wildman–Crippen LogP) is 8.15. The summed E-state index contributed by atoms with van der Waals surface area (Å²) in [7, 11) is 0. The van der Waals surface area contributed by atoms with Gasteiger partial charge in [0.05, 0.1) is 12.7 Å². The highest BCUT2D eigenvalue weighted by Crippen LogP contribution is 2.67. The van der Waals surface area contributed by atoms with Gasteiger partial charge in [0, 0.05) is 6.61 Å². The minimum atomic E-state index is -1.11. The second-order valence-electron chi connectivity index (χ2n) is 16.6. The van der Waals surface area contributed by atoms with Crippen molar-refractivity contribution in [2.24, 2.45) is 46.3 Å². The van der Waals surface area contributed by atoms with Crippen molar-refractivity contribution in [2.75, 3.05) is 19.0 Å². The van der Waals surface area contributed by atoms with Crippen LogP contribution in [0.25, 0.3) is 0 Å². The van der Waals surface area contributed by atoms with Crippen LogP contribution in [-0.4, -0.2) is 64.1 Å². The Labute approximate surface area is 273 Å². The van der Waals surface area contributed by atoms with E-state index in [1.807, 2.05) is 0 Å². The minimum Gasteiger partial charge on any atom is -0.388 e. The first kappa shape index (κ1) is 35.2. The van der Waals surface area contributed by atoms with E-state index >= 15 is 0 Å². The topological polar surface area (TPSA) is 79.2 Å². The molecule has 0 bridgehead atoms. The Morgan fingerprint density at radius 3 is 2.50 bits per heavy atom. The Hall–Kier alpha value is -0.110. The molecule has 3 saturated carbocycles. The minimum absolute atomic E-state index is 0.0875. The molecule has 0 unspecified atom stereocenters. The molecular formula is C38H66O5S. The van der Waals surface area contributed by atoms with Gasteiger partial charge in [0.2, 0.25) is 0 Å². The summed E-state index contributed by atoms with van der Waals surface area (Å²) in [6.45, 7) is 13.6. The molecule has 0 aromatic rings. The van der Waals surface area contributed by atoms with E-state index in [1.54, 1.807) is 17.3 Å². The summed E-state index contributed by atoms with van der Waals surface area (Å²) in [6.07, 6.45) is 19.5. The third-order valence-electron chi connectivity index (χ3n) is 13.4. The molecule has 12 atom stereocenters. The van der Waals surface area contributed by atoms with Crippen molar-refractivity contribution in [3.05, 3.63) is 11.6 Å². The number of ether oxygens (including phenoxy) is 2. The van der Waals surface area contributed by atoms with Crippen molar-refractivity contribution in [1.82, 2.24) is 0 Å². The highest BCUT2D eigenvalue weighted by molar-refractivity contribution is 7.99. The first-order chi connectivity index (χ1) is 21.0. The maximum absolute atomic E-state index is 10.1. The molecule has 0 spiro atoms. The number of unbranched alkanes of at least 4 members (excludes halogenated alkanes) is 3. The van der Waals surface area contributed by atoms with Gasteiger partial charge in [0.15, 0.2) is 0 Å². The van der Waals surface area contributed by atoms with E-state index in [4.69, 9.17) is 9.47 Å². The molecule has 4 aliphatic carbocycles. The third-order valence-corrected chi connectivity index (χ3v) is 14.7. The zero-order chi connectivity index (χ0) is 31.5. The molecule has 1 aliphatic heterocycles. The van der Waals surface area contributed by atoms with Gasteiger partial charge in [-0.3, -0.25) is 0 Å². The fourth-order valence-electron chi connectivity index (χ4n) is 10.7. The van der Waals surface area contributed by atoms with Crippen molar-refractivity contribution in [3.8, 4) is 0 Å². The van der Waals surface area contributed by atoms with E-state index in [1.165, 1.54) is 64.2 Å². The summed E-state index contributed by atoms with van der Waals surface area (Å²) in [5, 5.41) is 29.5. The van der Waals surface area contributed by atoms with Gasteiger partial charge in [-0.25, -0.2) is 0 Å². The second kappa shape index (κ2) is 15.4. The summed E-state index contributed by atoms with van der Waals surface area (Å²) in [6, 6.07) is 0. The number of hydrogen-bond acceptors (Lipinski definition) is 6. The summed E-state index contributed by atoms with van der Waals surface area (Å²) in [5.74, 6) is 6.25. The summed E-state index contributed by atoms with van der Waals surface area (Å²) in [5.41, 5.74) is 2.25. The lowest BCUT2D eigenvalue weighted by atomic mass is 9.47. The molecule has 5 aliphatic rings. The highest BCUT2D eigenvalue weighted by Gasteiger charge is 2.59. The smallest absolute Gasteiger partial charge is 0.131 e. The van der Waals surface area contributed by atoms with Gasteiger partial charge in [-0.05, 0) is 116 Å². The number of fused-ring (bicyclic) bond motifs is 5. The monoisotopic (exact) mass is 634 g/mol. The Morgan fingerprint density at radius 1 is 0.909 bits per heavy atom. The van der Waals surface area contributed by atoms with Crippen LogP contribution < -0.4 is 0 Å². The van der Waals surface area contributed by atoms with Gasteiger partial charge in [-0.1, -0.05) is 78.4 Å². The van der Waals surface area contributed by atoms with Gasteiger partial charge in [-0.15, -0.1) is 11.8 Å². The fourth-order valence-corrected chi connectivity index (χ4v) is 11.9. The largest absolute Gasteiger partial charge is 0.388 e. The lowest BCUT2D eigenvalue weighted by Crippen LogP contribution is -2.51. The van der Waals surface area contributed by atoms with Gasteiger partial charge in [0.1, 0.15) is 23.7 Å². The Balaban J connectivity index is 1.02. The van der Waals surface area contributed by atoms with Crippen LogP contribution in [0.4, 0.5) is 0 Å². The molecule has 44 heavy (non-hydrogen) atoms. The van der Waals surface area contributed by atoms with Crippen LogP contribution in [0, 0.1) is 46.3 Å². The van der Waals surface area contributed by atoms with Crippen LogP contribution in [0.1, 0.15) is 131 Å². The molecule has 1 heterocycles. The average molecular weight is 635 g/mol. The maximum Gasteiger partial charge on any atom is 0.131 e. The lowest BCUT2D eigenvalue weighted by molar-refractivity contribution is -0.161. The molecule has 5 nitrogen and oxygen atoms in total. The lowest BCUT2D eigenvalue weighted by Gasteiger charge is -2.58. The van der Waals surface area contributed by atoms with Crippen molar-refractivity contribution < 1.29 is 24.8 Å². The summed E-state index contributed by atoms with van der Waals surface area (Å²) >= 11 is 1.54. The van der Waals surface area contributed by atoms with E-state index in [9.17, 15) is 15.3 Å². The molecule has 0 radical (unpaired) electrons. The van der Waals surface area contributed by atoms with Crippen LogP contribution in [0.3, 0.4) is 0 Å². The quantitative estimate of drug-likeness (QED) is 0.132. The van der Waals surface area contributed by atoms with Crippen LogP contribution in [0.5, 0.6) is 0 Å².